The van der Waals surface area contributed by atoms with Gasteiger partial charge in [-0.3, -0.25) is 19.4 Å². The summed E-state index contributed by atoms with van der Waals surface area (Å²) in [7, 11) is 1.50. The van der Waals surface area contributed by atoms with Crippen molar-refractivity contribution in [2.24, 2.45) is 5.92 Å². The van der Waals surface area contributed by atoms with Gasteiger partial charge in [0.1, 0.15) is 29.8 Å². The summed E-state index contributed by atoms with van der Waals surface area (Å²) >= 11 is 0. The molecule has 0 bridgehead atoms. The van der Waals surface area contributed by atoms with Gasteiger partial charge < -0.3 is 15.0 Å². The highest BCUT2D eigenvalue weighted by atomic mass is 16.2. The van der Waals surface area contributed by atoms with Crippen LogP contribution in [0, 0.1) is 19.8 Å². The molecule has 0 radical (unpaired) electrons. The van der Waals surface area contributed by atoms with E-state index in [4.69, 9.17) is 4.98 Å². The minimum atomic E-state index is -0.352. The van der Waals surface area contributed by atoms with Gasteiger partial charge >= 0.3 is 6.03 Å². The number of hydrogen-bond donors (Lipinski definition) is 2. The van der Waals surface area contributed by atoms with Gasteiger partial charge in [-0.1, -0.05) is 6.92 Å². The summed E-state index contributed by atoms with van der Waals surface area (Å²) < 4.78 is 1.96. The number of likely N-dealkylation sites (N-methyl/N-ethyl adjacent to an activating group) is 1. The Morgan fingerprint density at radius 3 is 2.57 bits per heavy atom. The van der Waals surface area contributed by atoms with Crippen molar-refractivity contribution in [1.29, 1.82) is 0 Å². The fourth-order valence-corrected chi connectivity index (χ4v) is 5.82. The summed E-state index contributed by atoms with van der Waals surface area (Å²) in [6, 6.07) is 5.00. The number of aromatic nitrogens is 6. The van der Waals surface area contributed by atoms with Gasteiger partial charge in [-0.2, -0.15) is 0 Å². The van der Waals surface area contributed by atoms with Gasteiger partial charge in [-0.05, 0) is 63.1 Å². The standard InChI is InChI=1S/C31H34N10O3/c1-5-22(23-14-40-13-19(18-6-7-18)10-24(29(40)37-23)41-15-27(42)39(4)31(41)44)36-25-12-26(35-17(3)34-25)38-30(43)21-11-20(21)28-32-9-8-16(2)33-28/h8-10,12-14,18,20-22H,5-7,11,15H2,1-4H3,(H2,34,35,36,38,43)/t20-,21-,22+/m0/s1. The van der Waals surface area contributed by atoms with Crippen LogP contribution in [0.5, 0.6) is 0 Å². The van der Waals surface area contributed by atoms with Crippen molar-refractivity contribution in [1.82, 2.24) is 34.2 Å². The Kier molecular flexibility index (Phi) is 6.74. The second kappa shape index (κ2) is 10.6. The molecule has 3 fully saturated rings. The smallest absolute Gasteiger partial charge is 0.331 e. The van der Waals surface area contributed by atoms with Crippen molar-refractivity contribution >= 4 is 40.8 Å². The van der Waals surface area contributed by atoms with Crippen molar-refractivity contribution in [3.05, 3.63) is 65.4 Å². The Hall–Kier alpha value is -4.94. The van der Waals surface area contributed by atoms with E-state index >= 15 is 0 Å². The quantitative estimate of drug-likeness (QED) is 0.273. The number of urea groups is 1. The zero-order valence-corrected chi connectivity index (χ0v) is 25.1. The lowest BCUT2D eigenvalue weighted by molar-refractivity contribution is -0.124. The maximum Gasteiger partial charge on any atom is 0.331 e. The molecule has 5 heterocycles. The third-order valence-corrected chi connectivity index (χ3v) is 8.55. The summed E-state index contributed by atoms with van der Waals surface area (Å²) in [5, 5.41) is 6.42. The number of aryl methyl sites for hydroxylation is 2. The molecule has 3 atom stereocenters. The van der Waals surface area contributed by atoms with E-state index in [9.17, 15) is 14.4 Å². The summed E-state index contributed by atoms with van der Waals surface area (Å²) in [6.45, 7) is 5.74. The molecule has 0 aromatic carbocycles. The van der Waals surface area contributed by atoms with E-state index in [0.29, 0.717) is 53.4 Å². The minimum Gasteiger partial charge on any atom is -0.361 e. The van der Waals surface area contributed by atoms with Crippen molar-refractivity contribution < 1.29 is 14.4 Å². The Bertz CT molecular complexity index is 1820. The van der Waals surface area contributed by atoms with E-state index in [1.165, 1.54) is 11.9 Å². The number of nitrogens with zero attached hydrogens (tertiary/aromatic N) is 8. The van der Waals surface area contributed by atoms with Gasteiger partial charge in [-0.25, -0.2) is 29.7 Å². The third-order valence-electron chi connectivity index (χ3n) is 8.55. The zero-order valence-electron chi connectivity index (χ0n) is 25.1. The Balaban J connectivity index is 1.12. The van der Waals surface area contributed by atoms with Crippen LogP contribution in [0.2, 0.25) is 0 Å². The van der Waals surface area contributed by atoms with Gasteiger partial charge in [0.25, 0.3) is 0 Å². The largest absolute Gasteiger partial charge is 0.361 e. The number of fused-ring (bicyclic) bond motifs is 1. The van der Waals surface area contributed by atoms with Crippen LogP contribution in [0.25, 0.3) is 5.65 Å². The van der Waals surface area contributed by atoms with Crippen LogP contribution in [0.15, 0.2) is 36.8 Å². The summed E-state index contributed by atoms with van der Waals surface area (Å²) in [4.78, 5) is 63.7. The monoisotopic (exact) mass is 594 g/mol. The first-order valence-corrected chi connectivity index (χ1v) is 15.0. The highest BCUT2D eigenvalue weighted by Gasteiger charge is 2.46. The van der Waals surface area contributed by atoms with E-state index in [0.717, 1.165) is 34.7 Å². The lowest BCUT2D eigenvalue weighted by atomic mass is 10.1. The van der Waals surface area contributed by atoms with Crippen molar-refractivity contribution in [3.63, 3.8) is 0 Å². The number of nitrogens with one attached hydrogen (secondary N) is 2. The maximum absolute atomic E-state index is 13.0. The molecule has 3 aliphatic rings. The van der Waals surface area contributed by atoms with Crippen LogP contribution >= 0.6 is 0 Å². The zero-order chi connectivity index (χ0) is 30.7. The van der Waals surface area contributed by atoms with Crippen LogP contribution < -0.4 is 15.5 Å². The Morgan fingerprint density at radius 2 is 1.86 bits per heavy atom. The molecule has 2 aliphatic carbocycles. The fourth-order valence-electron chi connectivity index (χ4n) is 5.82. The number of imidazole rings is 1. The lowest BCUT2D eigenvalue weighted by Gasteiger charge is -2.17. The van der Waals surface area contributed by atoms with Crippen LogP contribution in [0.3, 0.4) is 0 Å². The SMILES string of the molecule is CC[C@@H](Nc1cc(NC(=O)[C@H]2C[C@@H]2c2nccc(C)n2)nc(C)n1)c1cn2cc(C3CC3)cc(N3CC(=O)N(C)C3=O)c2n1. The first-order chi connectivity index (χ1) is 21.2. The second-order valence-corrected chi connectivity index (χ2v) is 11.9. The lowest BCUT2D eigenvalue weighted by Crippen LogP contribution is -2.30. The van der Waals surface area contributed by atoms with Crippen molar-refractivity contribution in [2.75, 3.05) is 29.1 Å². The molecule has 13 nitrogen and oxygen atoms in total. The molecular formula is C31H34N10O3. The molecule has 13 heteroatoms. The second-order valence-electron chi connectivity index (χ2n) is 11.9. The summed E-state index contributed by atoms with van der Waals surface area (Å²) in [6.07, 6.45) is 9.37. The summed E-state index contributed by atoms with van der Waals surface area (Å²) in [5.74, 6) is 2.10. The molecule has 4 aromatic rings. The number of imide groups is 1. The first kappa shape index (κ1) is 27.9. The first-order valence-electron chi connectivity index (χ1n) is 15.0. The molecule has 4 amide bonds. The predicted octanol–water partition coefficient (Wildman–Crippen LogP) is 4.11. The number of carbonyl (C=O) groups is 3. The van der Waals surface area contributed by atoms with Crippen LogP contribution in [-0.4, -0.2) is 65.7 Å². The number of carbonyl (C=O) groups excluding carboxylic acids is 3. The number of rotatable bonds is 9. The molecule has 2 saturated carbocycles. The molecule has 0 spiro atoms. The predicted molar refractivity (Wildman–Crippen MR) is 162 cm³/mol. The average Bonchev–Trinajstić information content (AvgIpc) is 3.92. The number of amides is 4. The molecule has 0 unspecified atom stereocenters. The highest BCUT2D eigenvalue weighted by Crippen LogP contribution is 2.46. The van der Waals surface area contributed by atoms with E-state index in [1.54, 1.807) is 19.2 Å². The number of pyridine rings is 1. The van der Waals surface area contributed by atoms with Gasteiger partial charge in [0.15, 0.2) is 5.65 Å². The molecule has 1 saturated heterocycles. The van der Waals surface area contributed by atoms with Crippen LogP contribution in [0.1, 0.15) is 79.1 Å². The molecule has 2 N–H and O–H groups in total. The van der Waals surface area contributed by atoms with E-state index < -0.39 is 0 Å². The molecule has 4 aromatic heterocycles. The average molecular weight is 595 g/mol. The Labute approximate surface area is 254 Å². The maximum atomic E-state index is 13.0. The van der Waals surface area contributed by atoms with Crippen molar-refractivity contribution in [2.45, 2.75) is 64.3 Å². The highest BCUT2D eigenvalue weighted by molar-refractivity contribution is 6.13. The van der Waals surface area contributed by atoms with Gasteiger partial charge in [0.2, 0.25) is 11.8 Å². The number of anilines is 3. The Morgan fingerprint density at radius 1 is 1.07 bits per heavy atom. The van der Waals surface area contributed by atoms with Gasteiger partial charge in [-0.15, -0.1) is 0 Å². The molecule has 7 rings (SSSR count). The molecular weight excluding hydrogens is 560 g/mol. The van der Waals surface area contributed by atoms with Gasteiger partial charge in [0.05, 0.1) is 17.4 Å². The van der Waals surface area contributed by atoms with Crippen LogP contribution in [-0.2, 0) is 9.59 Å². The van der Waals surface area contributed by atoms with Gasteiger partial charge in [0, 0.05) is 49.2 Å². The van der Waals surface area contributed by atoms with Crippen LogP contribution in [0.4, 0.5) is 22.1 Å². The number of hydrogen-bond acceptors (Lipinski definition) is 9. The fraction of sp³-hybridized carbons (Fsp3) is 0.419. The van der Waals surface area contributed by atoms with E-state index in [1.807, 2.05) is 36.6 Å². The molecule has 44 heavy (non-hydrogen) atoms. The van der Waals surface area contributed by atoms with E-state index in [2.05, 4.69) is 36.8 Å². The minimum absolute atomic E-state index is 0.00884. The van der Waals surface area contributed by atoms with E-state index in [-0.39, 0.29) is 42.3 Å². The molecule has 226 valence electrons. The third kappa shape index (κ3) is 5.22. The molecule has 1 aliphatic heterocycles. The summed E-state index contributed by atoms with van der Waals surface area (Å²) in [5.41, 5.74) is 4.03. The van der Waals surface area contributed by atoms with Crippen molar-refractivity contribution in [3.8, 4) is 0 Å². The normalized spacial score (nSPS) is 20.4. The topological polar surface area (TPSA) is 151 Å².